The molecule has 0 aromatic heterocycles. The summed E-state index contributed by atoms with van der Waals surface area (Å²) in [5.74, 6) is -2.16. The third kappa shape index (κ3) is 3.24. The molecule has 6 nitrogen and oxygen atoms in total. The van der Waals surface area contributed by atoms with Crippen molar-refractivity contribution < 1.29 is 23.9 Å². The minimum atomic E-state index is -1.13. The molecule has 0 saturated heterocycles. The van der Waals surface area contributed by atoms with Gasteiger partial charge < -0.3 is 4.74 Å². The van der Waals surface area contributed by atoms with Gasteiger partial charge in [0.1, 0.15) is 6.04 Å². The summed E-state index contributed by atoms with van der Waals surface area (Å²) < 4.78 is 5.32. The van der Waals surface area contributed by atoms with Gasteiger partial charge in [0.2, 0.25) is 5.78 Å². The first-order chi connectivity index (χ1) is 13.9. The Morgan fingerprint density at radius 3 is 2.21 bits per heavy atom. The van der Waals surface area contributed by atoms with Crippen molar-refractivity contribution in [2.75, 3.05) is 0 Å². The predicted molar refractivity (Wildman–Crippen MR) is 105 cm³/mol. The van der Waals surface area contributed by atoms with Gasteiger partial charge in [-0.05, 0) is 62.4 Å². The maximum absolute atomic E-state index is 12.7. The van der Waals surface area contributed by atoms with E-state index in [1.807, 2.05) is 12.1 Å². The Morgan fingerprint density at radius 2 is 1.55 bits per heavy atom. The third-order valence-electron chi connectivity index (χ3n) is 5.60. The highest BCUT2D eigenvalue weighted by Gasteiger charge is 2.41. The number of benzene rings is 2. The topological polar surface area (TPSA) is 80.8 Å². The molecule has 0 saturated carbocycles. The van der Waals surface area contributed by atoms with Crippen LogP contribution in [0.25, 0.3) is 0 Å². The monoisotopic (exact) mass is 391 g/mol. The molecule has 1 aliphatic heterocycles. The first-order valence-corrected chi connectivity index (χ1v) is 9.72. The minimum Gasteiger partial charge on any atom is -0.453 e. The maximum Gasteiger partial charge on any atom is 0.329 e. The van der Waals surface area contributed by atoms with Gasteiger partial charge in [0.05, 0.1) is 11.1 Å². The molecule has 2 aromatic carbocycles. The lowest BCUT2D eigenvalue weighted by atomic mass is 10.0. The molecule has 6 heteroatoms. The Balaban J connectivity index is 1.46. The molecule has 0 bridgehead atoms. The average molecular weight is 391 g/mol. The molecule has 29 heavy (non-hydrogen) atoms. The SMILES string of the molecule is CC(OC(=O)C(C)N1C(=O)c2ccccc2C1=O)C(=O)c1ccc2c(c1)CCC2. The fraction of sp³-hybridized carbons (Fsp3) is 0.304. The van der Waals surface area contributed by atoms with E-state index in [2.05, 4.69) is 0 Å². The van der Waals surface area contributed by atoms with Gasteiger partial charge in [0.25, 0.3) is 11.8 Å². The lowest BCUT2D eigenvalue weighted by Crippen LogP contribution is -2.45. The van der Waals surface area contributed by atoms with Crippen molar-refractivity contribution >= 4 is 23.6 Å². The van der Waals surface area contributed by atoms with E-state index in [-0.39, 0.29) is 16.9 Å². The molecule has 0 radical (unpaired) electrons. The zero-order chi connectivity index (χ0) is 20.7. The molecule has 2 amide bonds. The first kappa shape index (κ1) is 19.1. The van der Waals surface area contributed by atoms with Gasteiger partial charge in [-0.2, -0.15) is 0 Å². The fourth-order valence-electron chi connectivity index (χ4n) is 3.95. The Kier molecular flexibility index (Phi) is 4.78. The molecule has 148 valence electrons. The number of nitrogens with zero attached hydrogens (tertiary/aromatic N) is 1. The van der Waals surface area contributed by atoms with Gasteiger partial charge in [-0.25, -0.2) is 4.79 Å². The number of carbonyl (C=O) groups excluding carboxylic acids is 4. The summed E-state index contributed by atoms with van der Waals surface area (Å²) >= 11 is 0. The number of amides is 2. The fourth-order valence-corrected chi connectivity index (χ4v) is 3.95. The normalized spacial score (nSPS) is 17.0. The van der Waals surface area contributed by atoms with Crippen molar-refractivity contribution in [3.63, 3.8) is 0 Å². The molecular formula is C23H21NO5. The maximum atomic E-state index is 12.7. The van der Waals surface area contributed by atoms with E-state index >= 15 is 0 Å². The molecule has 0 fully saturated rings. The van der Waals surface area contributed by atoms with Crippen LogP contribution >= 0.6 is 0 Å². The average Bonchev–Trinajstić information content (AvgIpc) is 3.29. The number of aryl methyl sites for hydroxylation is 2. The van der Waals surface area contributed by atoms with Crippen LogP contribution in [0.15, 0.2) is 42.5 Å². The molecule has 2 atom stereocenters. The second kappa shape index (κ2) is 7.28. The van der Waals surface area contributed by atoms with E-state index in [1.165, 1.54) is 19.4 Å². The van der Waals surface area contributed by atoms with Crippen molar-refractivity contribution in [2.24, 2.45) is 0 Å². The third-order valence-corrected chi connectivity index (χ3v) is 5.60. The summed E-state index contributed by atoms with van der Waals surface area (Å²) in [5, 5.41) is 0. The van der Waals surface area contributed by atoms with Crippen molar-refractivity contribution in [1.82, 2.24) is 4.90 Å². The van der Waals surface area contributed by atoms with Crippen LogP contribution in [0.3, 0.4) is 0 Å². The molecule has 2 aromatic rings. The van der Waals surface area contributed by atoms with Crippen molar-refractivity contribution in [3.8, 4) is 0 Å². The Morgan fingerprint density at radius 1 is 0.931 bits per heavy atom. The van der Waals surface area contributed by atoms with E-state index < -0.39 is 29.9 Å². The molecule has 0 N–H and O–H groups in total. The van der Waals surface area contributed by atoms with Crippen LogP contribution in [0, 0.1) is 0 Å². The summed E-state index contributed by atoms with van der Waals surface area (Å²) in [4.78, 5) is 51.2. The van der Waals surface area contributed by atoms with Gasteiger partial charge in [0.15, 0.2) is 6.10 Å². The smallest absolute Gasteiger partial charge is 0.329 e. The van der Waals surface area contributed by atoms with Crippen LogP contribution in [-0.4, -0.2) is 40.6 Å². The number of imide groups is 1. The second-order valence-corrected chi connectivity index (χ2v) is 7.48. The van der Waals surface area contributed by atoms with Gasteiger partial charge >= 0.3 is 5.97 Å². The van der Waals surface area contributed by atoms with E-state index in [0.717, 1.165) is 29.7 Å². The molecule has 1 heterocycles. The first-order valence-electron chi connectivity index (χ1n) is 9.72. The highest BCUT2D eigenvalue weighted by Crippen LogP contribution is 2.26. The summed E-state index contributed by atoms with van der Waals surface area (Å²) in [7, 11) is 0. The number of Topliss-reactive ketones (excluding diaryl/α,β-unsaturated/α-hetero) is 1. The molecule has 4 rings (SSSR count). The number of hydrogen-bond donors (Lipinski definition) is 0. The number of rotatable bonds is 5. The summed E-state index contributed by atoms with van der Waals surface area (Å²) in [6.07, 6.45) is 2.03. The number of esters is 1. The van der Waals surface area contributed by atoms with Gasteiger partial charge in [-0.15, -0.1) is 0 Å². The van der Waals surface area contributed by atoms with E-state index in [0.29, 0.717) is 5.56 Å². The molecular weight excluding hydrogens is 370 g/mol. The van der Waals surface area contributed by atoms with E-state index in [1.54, 1.807) is 30.3 Å². The van der Waals surface area contributed by atoms with Crippen LogP contribution < -0.4 is 0 Å². The Hall–Kier alpha value is -3.28. The van der Waals surface area contributed by atoms with Crippen molar-refractivity contribution in [3.05, 3.63) is 70.3 Å². The van der Waals surface area contributed by atoms with Crippen molar-refractivity contribution in [2.45, 2.75) is 45.3 Å². The highest BCUT2D eigenvalue weighted by molar-refractivity contribution is 6.22. The van der Waals surface area contributed by atoms with Gasteiger partial charge in [-0.1, -0.05) is 24.3 Å². The Labute approximate surface area is 168 Å². The molecule has 0 spiro atoms. The zero-order valence-corrected chi connectivity index (χ0v) is 16.3. The number of ketones is 1. The summed E-state index contributed by atoms with van der Waals surface area (Å²) in [6.45, 7) is 2.93. The number of carbonyl (C=O) groups is 4. The van der Waals surface area contributed by atoms with Crippen molar-refractivity contribution in [1.29, 1.82) is 0 Å². The highest BCUT2D eigenvalue weighted by atomic mass is 16.5. The lowest BCUT2D eigenvalue weighted by Gasteiger charge is -2.22. The molecule has 2 aliphatic rings. The standard InChI is InChI=1S/C23H21NO5/c1-13(24-21(26)18-8-3-4-9-19(18)22(24)27)23(28)29-14(2)20(25)17-11-10-15-6-5-7-16(15)12-17/h3-4,8-14H,5-7H2,1-2H3. The molecule has 2 unspecified atom stereocenters. The second-order valence-electron chi connectivity index (χ2n) is 7.48. The minimum absolute atomic E-state index is 0.263. The number of hydrogen-bond acceptors (Lipinski definition) is 5. The quantitative estimate of drug-likeness (QED) is 0.445. The zero-order valence-electron chi connectivity index (χ0n) is 16.3. The van der Waals surface area contributed by atoms with Gasteiger partial charge in [0, 0.05) is 5.56 Å². The van der Waals surface area contributed by atoms with Crippen LogP contribution in [0.1, 0.15) is 62.5 Å². The predicted octanol–water partition coefficient (Wildman–Crippen LogP) is 2.97. The lowest BCUT2D eigenvalue weighted by molar-refractivity contribution is -0.150. The van der Waals surface area contributed by atoms with Crippen LogP contribution in [0.4, 0.5) is 0 Å². The van der Waals surface area contributed by atoms with Crippen LogP contribution in [-0.2, 0) is 22.4 Å². The van der Waals surface area contributed by atoms with Gasteiger partial charge in [-0.3, -0.25) is 19.3 Å². The van der Waals surface area contributed by atoms with E-state index in [4.69, 9.17) is 4.74 Å². The summed E-state index contributed by atoms with van der Waals surface area (Å²) in [5.41, 5.74) is 3.44. The molecule has 1 aliphatic carbocycles. The Bertz CT molecular complexity index is 1010. The number of fused-ring (bicyclic) bond motifs is 2. The largest absolute Gasteiger partial charge is 0.453 e. The van der Waals surface area contributed by atoms with Crippen LogP contribution in [0.5, 0.6) is 0 Å². The van der Waals surface area contributed by atoms with Crippen LogP contribution in [0.2, 0.25) is 0 Å². The van der Waals surface area contributed by atoms with E-state index in [9.17, 15) is 19.2 Å². The number of ether oxygens (including phenoxy) is 1. The summed E-state index contributed by atoms with van der Waals surface area (Å²) in [6, 6.07) is 10.9.